The summed E-state index contributed by atoms with van der Waals surface area (Å²) >= 11 is 5.74. The Kier molecular flexibility index (Phi) is 2.17. The first kappa shape index (κ1) is 8.48. The number of benzene rings is 1. The summed E-state index contributed by atoms with van der Waals surface area (Å²) in [5, 5.41) is 11.4. The fourth-order valence-corrected chi connectivity index (χ4v) is 1.43. The van der Waals surface area contributed by atoms with Gasteiger partial charge in [-0.05, 0) is 23.1 Å². The number of rotatable bonds is 1. The first-order valence-corrected chi connectivity index (χ1v) is 4.32. The zero-order valence-electron chi connectivity index (χ0n) is 6.87. The van der Waals surface area contributed by atoms with E-state index >= 15 is 0 Å². The van der Waals surface area contributed by atoms with Crippen molar-refractivity contribution in [1.82, 2.24) is 4.98 Å². The van der Waals surface area contributed by atoms with Crippen molar-refractivity contribution in [3.8, 4) is 0 Å². The van der Waals surface area contributed by atoms with Gasteiger partial charge in [0.25, 0.3) is 0 Å². The average molecular weight is 194 g/mol. The summed E-state index contributed by atoms with van der Waals surface area (Å²) in [6.07, 6.45) is 1.72. The van der Waals surface area contributed by atoms with Gasteiger partial charge in [0, 0.05) is 11.6 Å². The molecule has 0 aliphatic heterocycles. The van der Waals surface area contributed by atoms with Gasteiger partial charge in [-0.3, -0.25) is 0 Å². The summed E-state index contributed by atoms with van der Waals surface area (Å²) < 4.78 is 0. The SMILES string of the molecule is OCc1ccc2cnc(Cl)cc2c1. The second-order valence-corrected chi connectivity index (χ2v) is 3.23. The van der Waals surface area contributed by atoms with Crippen LogP contribution in [-0.4, -0.2) is 10.1 Å². The van der Waals surface area contributed by atoms with Crippen molar-refractivity contribution < 1.29 is 5.11 Å². The van der Waals surface area contributed by atoms with Crippen LogP contribution in [-0.2, 0) is 6.61 Å². The maximum absolute atomic E-state index is 8.92. The lowest BCUT2D eigenvalue weighted by Crippen LogP contribution is -1.83. The summed E-state index contributed by atoms with van der Waals surface area (Å²) in [5.41, 5.74) is 0.884. The summed E-state index contributed by atoms with van der Waals surface area (Å²) in [6.45, 7) is 0.0515. The Labute approximate surface area is 80.8 Å². The fraction of sp³-hybridized carbons (Fsp3) is 0.100. The summed E-state index contributed by atoms with van der Waals surface area (Å²) in [6, 6.07) is 7.49. The maximum Gasteiger partial charge on any atom is 0.129 e. The van der Waals surface area contributed by atoms with E-state index in [9.17, 15) is 0 Å². The van der Waals surface area contributed by atoms with Crippen LogP contribution in [0.25, 0.3) is 10.8 Å². The lowest BCUT2D eigenvalue weighted by molar-refractivity contribution is 0.282. The molecule has 1 aromatic heterocycles. The predicted molar refractivity (Wildman–Crippen MR) is 52.7 cm³/mol. The lowest BCUT2D eigenvalue weighted by Gasteiger charge is -2.00. The Hall–Kier alpha value is -1.12. The molecule has 1 heterocycles. The van der Waals surface area contributed by atoms with Crippen molar-refractivity contribution in [2.75, 3.05) is 0 Å². The number of aliphatic hydroxyl groups is 1. The Bertz CT molecular complexity index is 442. The largest absolute Gasteiger partial charge is 0.392 e. The van der Waals surface area contributed by atoms with Crippen molar-refractivity contribution in [3.05, 3.63) is 41.2 Å². The van der Waals surface area contributed by atoms with E-state index in [0.29, 0.717) is 5.15 Å². The number of hydrogen-bond donors (Lipinski definition) is 1. The summed E-state index contributed by atoms with van der Waals surface area (Å²) in [5.74, 6) is 0. The van der Waals surface area contributed by atoms with E-state index in [4.69, 9.17) is 16.7 Å². The third-order valence-electron chi connectivity index (χ3n) is 1.94. The molecule has 2 nitrogen and oxygen atoms in total. The minimum absolute atomic E-state index is 0.0515. The average Bonchev–Trinajstić information content (AvgIpc) is 2.16. The molecule has 0 spiro atoms. The first-order valence-electron chi connectivity index (χ1n) is 3.94. The number of fused-ring (bicyclic) bond motifs is 1. The van der Waals surface area contributed by atoms with E-state index in [1.807, 2.05) is 18.2 Å². The Morgan fingerprint density at radius 2 is 2.08 bits per heavy atom. The van der Waals surface area contributed by atoms with Crippen LogP contribution in [0.2, 0.25) is 5.15 Å². The number of aliphatic hydroxyl groups excluding tert-OH is 1. The van der Waals surface area contributed by atoms with Gasteiger partial charge in [0.1, 0.15) is 5.15 Å². The van der Waals surface area contributed by atoms with Crippen molar-refractivity contribution in [2.45, 2.75) is 6.61 Å². The van der Waals surface area contributed by atoms with Crippen molar-refractivity contribution in [1.29, 1.82) is 0 Å². The molecule has 0 radical (unpaired) electrons. The van der Waals surface area contributed by atoms with E-state index in [-0.39, 0.29) is 6.61 Å². The molecule has 2 aromatic rings. The van der Waals surface area contributed by atoms with E-state index in [1.165, 1.54) is 0 Å². The van der Waals surface area contributed by atoms with Crippen LogP contribution in [0, 0.1) is 0 Å². The molecule has 1 aromatic carbocycles. The number of hydrogen-bond acceptors (Lipinski definition) is 2. The maximum atomic E-state index is 8.92. The smallest absolute Gasteiger partial charge is 0.129 e. The number of nitrogens with zero attached hydrogens (tertiary/aromatic N) is 1. The molecule has 1 N–H and O–H groups in total. The highest BCUT2D eigenvalue weighted by Crippen LogP contribution is 2.18. The molecule has 0 saturated carbocycles. The van der Waals surface area contributed by atoms with Crippen molar-refractivity contribution in [2.24, 2.45) is 0 Å². The molecule has 2 rings (SSSR count). The van der Waals surface area contributed by atoms with Gasteiger partial charge < -0.3 is 5.11 Å². The zero-order valence-corrected chi connectivity index (χ0v) is 7.62. The molecule has 0 fully saturated rings. The zero-order chi connectivity index (χ0) is 9.26. The molecule has 66 valence electrons. The molecule has 0 aliphatic rings. The third-order valence-corrected chi connectivity index (χ3v) is 2.14. The molecular formula is C10H8ClNO. The highest BCUT2D eigenvalue weighted by Gasteiger charge is 1.97. The quantitative estimate of drug-likeness (QED) is 0.706. The van der Waals surface area contributed by atoms with Gasteiger partial charge >= 0.3 is 0 Å². The van der Waals surface area contributed by atoms with Crippen molar-refractivity contribution >= 4 is 22.4 Å². The summed E-state index contributed by atoms with van der Waals surface area (Å²) in [4.78, 5) is 3.97. The molecule has 0 bridgehead atoms. The molecule has 0 aliphatic carbocycles. The van der Waals surface area contributed by atoms with E-state index < -0.39 is 0 Å². The molecule has 13 heavy (non-hydrogen) atoms. The predicted octanol–water partition coefficient (Wildman–Crippen LogP) is 2.38. The van der Waals surface area contributed by atoms with Crippen LogP contribution in [0.1, 0.15) is 5.56 Å². The van der Waals surface area contributed by atoms with Gasteiger partial charge in [0.2, 0.25) is 0 Å². The Morgan fingerprint density at radius 3 is 2.85 bits per heavy atom. The van der Waals surface area contributed by atoms with Crippen LogP contribution >= 0.6 is 11.6 Å². The van der Waals surface area contributed by atoms with Crippen LogP contribution in [0.5, 0.6) is 0 Å². The number of pyridine rings is 1. The molecule has 0 amide bonds. The van der Waals surface area contributed by atoms with Gasteiger partial charge in [-0.25, -0.2) is 4.98 Å². The van der Waals surface area contributed by atoms with Gasteiger partial charge in [-0.1, -0.05) is 23.7 Å². The second-order valence-electron chi connectivity index (χ2n) is 2.85. The monoisotopic (exact) mass is 193 g/mol. The van der Waals surface area contributed by atoms with Gasteiger partial charge in [-0.15, -0.1) is 0 Å². The lowest BCUT2D eigenvalue weighted by atomic mass is 10.1. The van der Waals surface area contributed by atoms with Gasteiger partial charge in [0.15, 0.2) is 0 Å². The number of halogens is 1. The third kappa shape index (κ3) is 1.64. The molecular weight excluding hydrogens is 186 g/mol. The Morgan fingerprint density at radius 1 is 1.23 bits per heavy atom. The van der Waals surface area contributed by atoms with E-state index in [2.05, 4.69) is 4.98 Å². The number of aromatic nitrogens is 1. The topological polar surface area (TPSA) is 33.1 Å². The van der Waals surface area contributed by atoms with Gasteiger partial charge in [0.05, 0.1) is 6.61 Å². The van der Waals surface area contributed by atoms with Crippen LogP contribution in [0.3, 0.4) is 0 Å². The van der Waals surface area contributed by atoms with Crippen LogP contribution < -0.4 is 0 Å². The van der Waals surface area contributed by atoms with E-state index in [0.717, 1.165) is 16.3 Å². The second kappa shape index (κ2) is 3.32. The Balaban J connectivity index is 2.68. The highest BCUT2D eigenvalue weighted by atomic mass is 35.5. The molecule has 0 saturated heterocycles. The van der Waals surface area contributed by atoms with E-state index in [1.54, 1.807) is 12.3 Å². The minimum atomic E-state index is 0.0515. The van der Waals surface area contributed by atoms with Crippen LogP contribution in [0.4, 0.5) is 0 Å². The minimum Gasteiger partial charge on any atom is -0.392 e. The van der Waals surface area contributed by atoms with Crippen molar-refractivity contribution in [3.63, 3.8) is 0 Å². The standard InChI is InChI=1S/C10H8ClNO/c11-10-4-9-3-7(6-13)1-2-8(9)5-12-10/h1-5,13H,6H2. The molecule has 0 unspecified atom stereocenters. The molecule has 3 heteroatoms. The normalized spacial score (nSPS) is 10.6. The summed E-state index contributed by atoms with van der Waals surface area (Å²) in [7, 11) is 0. The molecule has 0 atom stereocenters. The fourth-order valence-electron chi connectivity index (χ4n) is 1.26. The first-order chi connectivity index (χ1) is 6.29. The highest BCUT2D eigenvalue weighted by molar-refractivity contribution is 6.30. The van der Waals surface area contributed by atoms with Crippen LogP contribution in [0.15, 0.2) is 30.5 Å². The van der Waals surface area contributed by atoms with Gasteiger partial charge in [-0.2, -0.15) is 0 Å².